The lowest BCUT2D eigenvalue weighted by Crippen LogP contribution is -1.98. The van der Waals surface area contributed by atoms with Gasteiger partial charge in [-0.2, -0.15) is 4.98 Å². The van der Waals surface area contributed by atoms with Crippen LogP contribution in [0.5, 0.6) is 17.5 Å². The molecule has 0 spiro atoms. The Balaban J connectivity index is 1.74. The summed E-state index contributed by atoms with van der Waals surface area (Å²) in [4.78, 5) is 12.3. The number of rotatable bonds is 5. The monoisotopic (exact) mass is 312 g/mol. The fourth-order valence-corrected chi connectivity index (χ4v) is 1.82. The van der Waals surface area contributed by atoms with E-state index in [1.165, 1.54) is 25.4 Å². The van der Waals surface area contributed by atoms with Gasteiger partial charge in [-0.15, -0.1) is 0 Å². The highest BCUT2D eigenvalue weighted by molar-refractivity contribution is 5.53. The third kappa shape index (κ3) is 3.91. The SMILES string of the molecule is COc1ccc(Oc2ccnc(Nc3cccc(F)c3)n2)cn1. The first kappa shape index (κ1) is 14.7. The van der Waals surface area contributed by atoms with Gasteiger partial charge in [0, 0.05) is 24.0 Å². The third-order valence-electron chi connectivity index (χ3n) is 2.85. The summed E-state index contributed by atoms with van der Waals surface area (Å²) < 4.78 is 23.8. The van der Waals surface area contributed by atoms with E-state index in [1.54, 1.807) is 36.5 Å². The number of pyridine rings is 1. The third-order valence-corrected chi connectivity index (χ3v) is 2.85. The van der Waals surface area contributed by atoms with E-state index in [-0.39, 0.29) is 5.82 Å². The maximum Gasteiger partial charge on any atom is 0.230 e. The van der Waals surface area contributed by atoms with Crippen LogP contribution in [0.2, 0.25) is 0 Å². The number of hydrogen-bond donors (Lipinski definition) is 1. The first-order chi connectivity index (χ1) is 11.2. The van der Waals surface area contributed by atoms with Crippen LogP contribution in [0, 0.1) is 5.82 Å². The fraction of sp³-hybridized carbons (Fsp3) is 0.0625. The van der Waals surface area contributed by atoms with Gasteiger partial charge in [-0.25, -0.2) is 14.4 Å². The number of nitrogens with one attached hydrogen (secondary N) is 1. The van der Waals surface area contributed by atoms with Crippen LogP contribution in [0.25, 0.3) is 0 Å². The highest BCUT2D eigenvalue weighted by Gasteiger charge is 2.04. The Labute approximate surface area is 132 Å². The second-order valence-corrected chi connectivity index (χ2v) is 4.49. The van der Waals surface area contributed by atoms with E-state index >= 15 is 0 Å². The Morgan fingerprint density at radius 3 is 2.70 bits per heavy atom. The van der Waals surface area contributed by atoms with Gasteiger partial charge in [-0.1, -0.05) is 6.07 Å². The smallest absolute Gasteiger partial charge is 0.230 e. The van der Waals surface area contributed by atoms with Gasteiger partial charge in [0.1, 0.15) is 11.6 Å². The second kappa shape index (κ2) is 6.69. The zero-order valence-electron chi connectivity index (χ0n) is 12.2. The van der Waals surface area contributed by atoms with E-state index in [9.17, 15) is 4.39 Å². The minimum atomic E-state index is -0.341. The van der Waals surface area contributed by atoms with Crippen molar-refractivity contribution in [3.63, 3.8) is 0 Å². The number of ether oxygens (including phenoxy) is 2. The van der Waals surface area contributed by atoms with Gasteiger partial charge < -0.3 is 14.8 Å². The van der Waals surface area contributed by atoms with E-state index in [1.807, 2.05) is 0 Å². The zero-order valence-corrected chi connectivity index (χ0v) is 12.2. The van der Waals surface area contributed by atoms with Crippen molar-refractivity contribution in [2.75, 3.05) is 12.4 Å². The summed E-state index contributed by atoms with van der Waals surface area (Å²) in [5, 5.41) is 2.91. The molecule has 0 aliphatic carbocycles. The lowest BCUT2D eigenvalue weighted by atomic mass is 10.3. The molecule has 3 aromatic rings. The average Bonchev–Trinajstić information content (AvgIpc) is 2.56. The maximum absolute atomic E-state index is 13.2. The first-order valence-corrected chi connectivity index (χ1v) is 6.76. The lowest BCUT2D eigenvalue weighted by molar-refractivity contribution is 0.394. The molecule has 7 heteroatoms. The summed E-state index contributed by atoms with van der Waals surface area (Å²) in [7, 11) is 1.54. The Hall–Kier alpha value is -3.22. The number of halogens is 1. The van der Waals surface area contributed by atoms with E-state index in [2.05, 4.69) is 20.3 Å². The molecular formula is C16H13FN4O2. The van der Waals surface area contributed by atoms with Gasteiger partial charge in [-0.3, -0.25) is 0 Å². The van der Waals surface area contributed by atoms with Crippen molar-refractivity contribution < 1.29 is 13.9 Å². The predicted molar refractivity (Wildman–Crippen MR) is 82.6 cm³/mol. The van der Waals surface area contributed by atoms with Crippen molar-refractivity contribution in [1.29, 1.82) is 0 Å². The summed E-state index contributed by atoms with van der Waals surface area (Å²) in [6.07, 6.45) is 3.07. The summed E-state index contributed by atoms with van der Waals surface area (Å²) in [5.74, 6) is 1.31. The molecule has 116 valence electrons. The number of hydrogen-bond acceptors (Lipinski definition) is 6. The summed E-state index contributed by atoms with van der Waals surface area (Å²) in [5.41, 5.74) is 0.549. The van der Waals surface area contributed by atoms with Gasteiger partial charge >= 0.3 is 0 Å². The molecule has 1 aromatic carbocycles. The number of anilines is 2. The van der Waals surface area contributed by atoms with Crippen molar-refractivity contribution in [3.05, 3.63) is 60.7 Å². The van der Waals surface area contributed by atoms with Crippen LogP contribution in [0.15, 0.2) is 54.9 Å². The molecule has 0 saturated carbocycles. The van der Waals surface area contributed by atoms with Crippen molar-refractivity contribution >= 4 is 11.6 Å². The van der Waals surface area contributed by atoms with Crippen LogP contribution in [0.1, 0.15) is 0 Å². The molecule has 0 amide bonds. The minimum Gasteiger partial charge on any atom is -0.481 e. The minimum absolute atomic E-state index is 0.301. The number of benzene rings is 1. The molecule has 0 saturated heterocycles. The van der Waals surface area contributed by atoms with E-state index in [4.69, 9.17) is 9.47 Å². The van der Waals surface area contributed by atoms with Gasteiger partial charge in [0.05, 0.1) is 13.3 Å². The predicted octanol–water partition coefficient (Wildman–Crippen LogP) is 3.56. The lowest BCUT2D eigenvalue weighted by Gasteiger charge is -2.08. The summed E-state index contributed by atoms with van der Waals surface area (Å²) >= 11 is 0. The molecule has 23 heavy (non-hydrogen) atoms. The van der Waals surface area contributed by atoms with E-state index in [0.717, 1.165) is 0 Å². The highest BCUT2D eigenvalue weighted by Crippen LogP contribution is 2.22. The molecule has 2 heterocycles. The van der Waals surface area contributed by atoms with Crippen LogP contribution in [0.3, 0.4) is 0 Å². The number of aromatic nitrogens is 3. The Morgan fingerprint density at radius 2 is 1.96 bits per heavy atom. The molecule has 0 unspecified atom stereocenters. The average molecular weight is 312 g/mol. The molecule has 1 N–H and O–H groups in total. The normalized spacial score (nSPS) is 10.2. The maximum atomic E-state index is 13.2. The highest BCUT2D eigenvalue weighted by atomic mass is 19.1. The Morgan fingerprint density at radius 1 is 1.04 bits per heavy atom. The van der Waals surface area contributed by atoms with Gasteiger partial charge in [-0.05, 0) is 24.3 Å². The molecule has 0 bridgehead atoms. The number of nitrogens with zero attached hydrogens (tertiary/aromatic N) is 3. The van der Waals surface area contributed by atoms with E-state index < -0.39 is 0 Å². The van der Waals surface area contributed by atoms with Gasteiger partial charge in [0.15, 0.2) is 0 Å². The second-order valence-electron chi connectivity index (χ2n) is 4.49. The fourth-order valence-electron chi connectivity index (χ4n) is 1.82. The van der Waals surface area contributed by atoms with Crippen LogP contribution >= 0.6 is 0 Å². The number of methoxy groups -OCH3 is 1. The van der Waals surface area contributed by atoms with Gasteiger partial charge in [0.2, 0.25) is 17.7 Å². The Kier molecular flexibility index (Phi) is 4.28. The zero-order chi connectivity index (χ0) is 16.1. The molecule has 0 aliphatic heterocycles. The largest absolute Gasteiger partial charge is 0.481 e. The molecule has 3 rings (SSSR count). The summed E-state index contributed by atoms with van der Waals surface area (Å²) in [6, 6.07) is 11.0. The molecular weight excluding hydrogens is 299 g/mol. The van der Waals surface area contributed by atoms with E-state index in [0.29, 0.717) is 29.1 Å². The van der Waals surface area contributed by atoms with Crippen molar-refractivity contribution in [3.8, 4) is 17.5 Å². The topological polar surface area (TPSA) is 69.2 Å². The Bertz CT molecular complexity index is 796. The molecule has 0 atom stereocenters. The van der Waals surface area contributed by atoms with Gasteiger partial charge in [0.25, 0.3) is 0 Å². The van der Waals surface area contributed by atoms with Crippen LogP contribution in [-0.2, 0) is 0 Å². The molecule has 0 radical (unpaired) electrons. The quantitative estimate of drug-likeness (QED) is 0.777. The van der Waals surface area contributed by atoms with Crippen LogP contribution in [-0.4, -0.2) is 22.1 Å². The van der Waals surface area contributed by atoms with Crippen molar-refractivity contribution in [2.24, 2.45) is 0 Å². The first-order valence-electron chi connectivity index (χ1n) is 6.76. The van der Waals surface area contributed by atoms with Crippen molar-refractivity contribution in [1.82, 2.24) is 15.0 Å². The van der Waals surface area contributed by atoms with Crippen LogP contribution in [0.4, 0.5) is 16.0 Å². The van der Waals surface area contributed by atoms with Crippen LogP contribution < -0.4 is 14.8 Å². The molecule has 6 nitrogen and oxygen atoms in total. The summed E-state index contributed by atoms with van der Waals surface area (Å²) in [6.45, 7) is 0. The molecule has 0 fully saturated rings. The standard InChI is InChI=1S/C16H13FN4O2/c1-22-14-6-5-13(10-19-14)23-15-7-8-18-16(21-15)20-12-4-2-3-11(17)9-12/h2-10H,1H3,(H,18,20,21). The molecule has 2 aromatic heterocycles. The molecule has 0 aliphatic rings. The van der Waals surface area contributed by atoms with Crippen molar-refractivity contribution in [2.45, 2.75) is 0 Å².